The van der Waals surface area contributed by atoms with E-state index in [1.54, 1.807) is 12.1 Å². The molecule has 3 nitrogen and oxygen atoms in total. The van der Waals surface area contributed by atoms with Crippen LogP contribution < -0.4 is 5.32 Å². The molecule has 2 saturated heterocycles. The van der Waals surface area contributed by atoms with Crippen LogP contribution in [0, 0.1) is 29.0 Å². The number of fused-ring (bicyclic) bond motifs is 1. The van der Waals surface area contributed by atoms with E-state index in [1.807, 2.05) is 6.07 Å². The van der Waals surface area contributed by atoms with E-state index in [0.717, 1.165) is 19.6 Å². The van der Waals surface area contributed by atoms with Crippen LogP contribution >= 0.6 is 0 Å². The topological polar surface area (TPSA) is 39.1 Å². The lowest BCUT2D eigenvalue weighted by Gasteiger charge is -2.35. The second-order valence-corrected chi connectivity index (χ2v) is 6.45. The zero-order chi connectivity index (χ0) is 14.3. The van der Waals surface area contributed by atoms with Crippen molar-refractivity contribution in [2.24, 2.45) is 11.8 Å². The second kappa shape index (κ2) is 4.83. The van der Waals surface area contributed by atoms with Gasteiger partial charge in [-0.1, -0.05) is 12.1 Å². The molecule has 0 amide bonds. The minimum Gasteiger partial charge on any atom is -0.316 e. The largest absolute Gasteiger partial charge is 0.316 e. The molecule has 20 heavy (non-hydrogen) atoms. The van der Waals surface area contributed by atoms with Gasteiger partial charge in [0.05, 0.1) is 5.56 Å². The molecule has 1 aromatic rings. The van der Waals surface area contributed by atoms with Gasteiger partial charge in [0.2, 0.25) is 0 Å². The van der Waals surface area contributed by atoms with Gasteiger partial charge >= 0.3 is 0 Å². The summed E-state index contributed by atoms with van der Waals surface area (Å²) in [6.45, 7) is 8.19. The summed E-state index contributed by atoms with van der Waals surface area (Å²) >= 11 is 0. The van der Waals surface area contributed by atoms with Gasteiger partial charge in [-0.05, 0) is 38.3 Å². The molecule has 2 atom stereocenters. The molecule has 4 heteroatoms. The SMILES string of the molecule is CC1(C)C2CNCC2CN1Cc1cccc(C#N)c1F. The summed E-state index contributed by atoms with van der Waals surface area (Å²) in [6, 6.07) is 7.01. The number of rotatable bonds is 2. The van der Waals surface area contributed by atoms with Gasteiger partial charge in [-0.3, -0.25) is 4.90 Å². The molecule has 0 aliphatic carbocycles. The first-order valence-corrected chi connectivity index (χ1v) is 7.17. The van der Waals surface area contributed by atoms with E-state index in [0.29, 0.717) is 23.9 Å². The zero-order valence-electron chi connectivity index (χ0n) is 12.0. The monoisotopic (exact) mass is 273 g/mol. The van der Waals surface area contributed by atoms with Gasteiger partial charge in [-0.25, -0.2) is 4.39 Å². The molecule has 0 spiro atoms. The highest BCUT2D eigenvalue weighted by Crippen LogP contribution is 2.41. The van der Waals surface area contributed by atoms with E-state index in [-0.39, 0.29) is 16.9 Å². The molecule has 2 heterocycles. The third-order valence-corrected chi connectivity index (χ3v) is 5.08. The fraction of sp³-hybridized carbons (Fsp3) is 0.562. The van der Waals surface area contributed by atoms with Crippen LogP contribution in [0.15, 0.2) is 18.2 Å². The number of benzene rings is 1. The average Bonchev–Trinajstić information content (AvgIpc) is 2.96. The van der Waals surface area contributed by atoms with Crippen molar-refractivity contribution in [2.75, 3.05) is 19.6 Å². The molecule has 1 N–H and O–H groups in total. The van der Waals surface area contributed by atoms with Crippen LogP contribution in [0.1, 0.15) is 25.0 Å². The lowest BCUT2D eigenvalue weighted by Crippen LogP contribution is -2.44. The summed E-state index contributed by atoms with van der Waals surface area (Å²) in [5.41, 5.74) is 0.843. The molecule has 0 aromatic heterocycles. The van der Waals surface area contributed by atoms with Crippen molar-refractivity contribution in [1.29, 1.82) is 5.26 Å². The van der Waals surface area contributed by atoms with Crippen molar-refractivity contribution < 1.29 is 4.39 Å². The lowest BCUT2D eigenvalue weighted by molar-refractivity contribution is 0.130. The van der Waals surface area contributed by atoms with Crippen molar-refractivity contribution in [2.45, 2.75) is 25.9 Å². The standard InChI is InChI=1S/C16H20FN3/c1-16(2)14-8-19-7-13(14)10-20(16)9-12-5-3-4-11(6-18)15(12)17/h3-5,13-14,19H,7-10H2,1-2H3. The van der Waals surface area contributed by atoms with Crippen LogP contribution in [0.5, 0.6) is 0 Å². The lowest BCUT2D eigenvalue weighted by atomic mass is 9.85. The van der Waals surface area contributed by atoms with E-state index < -0.39 is 0 Å². The Labute approximate surface area is 119 Å². The smallest absolute Gasteiger partial charge is 0.145 e. The predicted octanol–water partition coefficient (Wildman–Crippen LogP) is 2.13. The Morgan fingerprint density at radius 3 is 2.95 bits per heavy atom. The van der Waals surface area contributed by atoms with Crippen LogP contribution in [0.3, 0.4) is 0 Å². The van der Waals surface area contributed by atoms with Gasteiger partial charge in [-0.15, -0.1) is 0 Å². The second-order valence-electron chi connectivity index (χ2n) is 6.45. The van der Waals surface area contributed by atoms with Gasteiger partial charge in [0.15, 0.2) is 0 Å². The summed E-state index contributed by atoms with van der Waals surface area (Å²) in [7, 11) is 0. The fourth-order valence-electron chi connectivity index (χ4n) is 3.77. The van der Waals surface area contributed by atoms with Crippen molar-refractivity contribution in [3.05, 3.63) is 35.1 Å². The number of likely N-dealkylation sites (tertiary alicyclic amines) is 1. The van der Waals surface area contributed by atoms with Crippen LogP contribution in [0.4, 0.5) is 4.39 Å². The molecule has 2 unspecified atom stereocenters. The molecular formula is C16H20FN3. The summed E-state index contributed by atoms with van der Waals surface area (Å²) in [5.74, 6) is 0.929. The number of nitrogens with one attached hydrogen (secondary N) is 1. The van der Waals surface area contributed by atoms with Gasteiger partial charge in [-0.2, -0.15) is 5.26 Å². The predicted molar refractivity (Wildman–Crippen MR) is 75.5 cm³/mol. The summed E-state index contributed by atoms with van der Waals surface area (Å²) in [6.07, 6.45) is 0. The molecule has 2 aliphatic rings. The molecule has 2 fully saturated rings. The van der Waals surface area contributed by atoms with Gasteiger partial charge < -0.3 is 5.32 Å². The number of halogens is 1. The Morgan fingerprint density at radius 1 is 1.45 bits per heavy atom. The molecule has 0 saturated carbocycles. The Bertz CT molecular complexity index is 561. The van der Waals surface area contributed by atoms with E-state index in [4.69, 9.17) is 5.26 Å². The zero-order valence-corrected chi connectivity index (χ0v) is 12.0. The minimum absolute atomic E-state index is 0.0727. The average molecular weight is 273 g/mol. The maximum absolute atomic E-state index is 14.2. The number of hydrogen-bond acceptors (Lipinski definition) is 3. The third-order valence-electron chi connectivity index (χ3n) is 5.08. The van der Waals surface area contributed by atoms with Crippen LogP contribution in [-0.4, -0.2) is 30.1 Å². The van der Waals surface area contributed by atoms with E-state index in [2.05, 4.69) is 24.1 Å². The Kier molecular flexibility index (Phi) is 3.27. The van der Waals surface area contributed by atoms with E-state index in [1.165, 1.54) is 6.07 Å². The Balaban J connectivity index is 1.84. The first kappa shape index (κ1) is 13.5. The first-order chi connectivity index (χ1) is 9.54. The summed E-state index contributed by atoms with van der Waals surface area (Å²) < 4.78 is 14.2. The summed E-state index contributed by atoms with van der Waals surface area (Å²) in [4.78, 5) is 2.36. The van der Waals surface area contributed by atoms with Gasteiger partial charge in [0, 0.05) is 30.7 Å². The van der Waals surface area contributed by atoms with Crippen molar-refractivity contribution in [3.63, 3.8) is 0 Å². The van der Waals surface area contributed by atoms with Crippen LogP contribution in [0.25, 0.3) is 0 Å². The van der Waals surface area contributed by atoms with Gasteiger partial charge in [0.1, 0.15) is 11.9 Å². The van der Waals surface area contributed by atoms with Crippen molar-refractivity contribution in [3.8, 4) is 6.07 Å². The van der Waals surface area contributed by atoms with Gasteiger partial charge in [0.25, 0.3) is 0 Å². The highest BCUT2D eigenvalue weighted by Gasteiger charge is 2.49. The number of nitriles is 1. The minimum atomic E-state index is -0.360. The Hall–Kier alpha value is -1.44. The molecule has 0 bridgehead atoms. The molecule has 106 valence electrons. The maximum atomic E-state index is 14.2. The van der Waals surface area contributed by atoms with Crippen LogP contribution in [0.2, 0.25) is 0 Å². The third kappa shape index (κ3) is 2.02. The van der Waals surface area contributed by atoms with Crippen molar-refractivity contribution in [1.82, 2.24) is 10.2 Å². The molecule has 0 radical (unpaired) electrons. The number of nitrogens with zero attached hydrogens (tertiary/aromatic N) is 2. The molecule has 2 aliphatic heterocycles. The van der Waals surface area contributed by atoms with E-state index in [9.17, 15) is 4.39 Å². The molecule has 3 rings (SSSR count). The van der Waals surface area contributed by atoms with Crippen molar-refractivity contribution >= 4 is 0 Å². The molecule has 1 aromatic carbocycles. The number of hydrogen-bond donors (Lipinski definition) is 1. The van der Waals surface area contributed by atoms with E-state index >= 15 is 0 Å². The quantitative estimate of drug-likeness (QED) is 0.897. The van der Waals surface area contributed by atoms with Crippen LogP contribution in [-0.2, 0) is 6.54 Å². The highest BCUT2D eigenvalue weighted by atomic mass is 19.1. The fourth-order valence-corrected chi connectivity index (χ4v) is 3.77. The summed E-state index contributed by atoms with van der Waals surface area (Å²) in [5, 5.41) is 12.4. The Morgan fingerprint density at radius 2 is 2.25 bits per heavy atom. The highest BCUT2D eigenvalue weighted by molar-refractivity contribution is 5.35. The normalized spacial score (nSPS) is 28.3. The molecular weight excluding hydrogens is 253 g/mol. The first-order valence-electron chi connectivity index (χ1n) is 7.17. The maximum Gasteiger partial charge on any atom is 0.145 e.